The minimum absolute atomic E-state index is 0.319. The molecule has 1 heterocycles. The Balaban J connectivity index is 1.54. The Kier molecular flexibility index (Phi) is 4.52. The highest BCUT2D eigenvalue weighted by molar-refractivity contribution is 5.80. The molecule has 1 aliphatic heterocycles. The predicted molar refractivity (Wildman–Crippen MR) is 82.4 cm³/mol. The molecule has 0 radical (unpaired) electrons. The summed E-state index contributed by atoms with van der Waals surface area (Å²) in [7, 11) is 0. The van der Waals surface area contributed by atoms with Crippen molar-refractivity contribution in [3.8, 4) is 0 Å². The number of carbonyl (C=O) groups is 1. The van der Waals surface area contributed by atoms with Crippen molar-refractivity contribution >= 4 is 5.97 Å². The fraction of sp³-hybridized carbons (Fsp3) is 0.938. The maximum absolute atomic E-state index is 11.9. The fourth-order valence-electron chi connectivity index (χ4n) is 3.69. The number of nitrogens with one attached hydrogen (secondary N) is 1. The van der Waals surface area contributed by atoms with Crippen LogP contribution >= 0.6 is 0 Å². The summed E-state index contributed by atoms with van der Waals surface area (Å²) in [5, 5.41) is 13.1. The van der Waals surface area contributed by atoms with E-state index in [1.165, 1.54) is 19.4 Å². The molecule has 3 aliphatic rings. The second-order valence-electron chi connectivity index (χ2n) is 7.10. The number of likely N-dealkylation sites (N-methyl/N-ethyl adjacent to an activating group) is 1. The Hall–Kier alpha value is -0.650. The molecule has 0 bridgehead atoms. The largest absolute Gasteiger partial charge is 0.480 e. The lowest BCUT2D eigenvalue weighted by Crippen LogP contribution is -2.62. The fourth-order valence-corrected chi connectivity index (χ4v) is 3.69. The number of carboxylic acids is 1. The lowest BCUT2D eigenvalue weighted by atomic mass is 9.92. The van der Waals surface area contributed by atoms with Gasteiger partial charge in [-0.15, -0.1) is 0 Å². The van der Waals surface area contributed by atoms with E-state index >= 15 is 0 Å². The third-order valence-corrected chi connectivity index (χ3v) is 5.30. The van der Waals surface area contributed by atoms with Crippen LogP contribution in [0.25, 0.3) is 0 Å². The highest BCUT2D eigenvalue weighted by Crippen LogP contribution is 2.40. The van der Waals surface area contributed by atoms with Crippen molar-refractivity contribution in [2.75, 3.05) is 45.8 Å². The number of hydrogen-bond donors (Lipinski definition) is 2. The molecule has 0 aromatic rings. The van der Waals surface area contributed by atoms with Gasteiger partial charge in [-0.1, -0.05) is 6.92 Å². The Morgan fingerprint density at radius 2 is 1.76 bits per heavy atom. The molecule has 1 unspecified atom stereocenters. The van der Waals surface area contributed by atoms with Gasteiger partial charge in [-0.25, -0.2) is 0 Å². The molecule has 1 atom stereocenters. The molecule has 3 fully saturated rings. The zero-order valence-electron chi connectivity index (χ0n) is 13.2. The van der Waals surface area contributed by atoms with Crippen molar-refractivity contribution in [2.45, 2.75) is 38.1 Å². The van der Waals surface area contributed by atoms with Crippen LogP contribution in [0.3, 0.4) is 0 Å². The van der Waals surface area contributed by atoms with Crippen LogP contribution in [0.2, 0.25) is 0 Å². The number of piperazine rings is 1. The van der Waals surface area contributed by atoms with Crippen LogP contribution in [0.1, 0.15) is 32.6 Å². The number of nitrogens with zero attached hydrogens (tertiary/aromatic N) is 2. The van der Waals surface area contributed by atoms with Crippen molar-refractivity contribution < 1.29 is 9.90 Å². The highest BCUT2D eigenvalue weighted by atomic mass is 16.4. The maximum atomic E-state index is 11.9. The summed E-state index contributed by atoms with van der Waals surface area (Å²) >= 11 is 0. The van der Waals surface area contributed by atoms with E-state index in [1.807, 2.05) is 6.92 Å². The second-order valence-corrected chi connectivity index (χ2v) is 7.10. The molecule has 2 saturated carbocycles. The summed E-state index contributed by atoms with van der Waals surface area (Å²) < 4.78 is 0. The third-order valence-electron chi connectivity index (χ3n) is 5.30. The van der Waals surface area contributed by atoms with Crippen LogP contribution in [-0.4, -0.2) is 72.2 Å². The summed E-state index contributed by atoms with van der Waals surface area (Å²) in [6, 6.07) is 0. The summed E-state index contributed by atoms with van der Waals surface area (Å²) in [4.78, 5) is 16.8. The number of aliphatic carboxylic acids is 1. The van der Waals surface area contributed by atoms with E-state index in [2.05, 4.69) is 15.1 Å². The summed E-state index contributed by atoms with van der Waals surface area (Å²) in [5.74, 6) is 0.606. The Bertz CT molecular complexity index is 374. The van der Waals surface area contributed by atoms with Crippen LogP contribution in [-0.2, 0) is 4.79 Å². The highest BCUT2D eigenvalue weighted by Gasteiger charge is 2.51. The van der Waals surface area contributed by atoms with Gasteiger partial charge in [0.15, 0.2) is 0 Å². The molecule has 0 spiro atoms. The normalized spacial score (nSPS) is 27.5. The quantitative estimate of drug-likeness (QED) is 0.695. The lowest BCUT2D eigenvalue weighted by molar-refractivity contribution is -0.147. The molecule has 120 valence electrons. The van der Waals surface area contributed by atoms with Gasteiger partial charge >= 0.3 is 5.97 Å². The molecule has 0 aromatic carbocycles. The predicted octanol–water partition coefficient (Wildman–Crippen LogP) is 0.857. The molecule has 2 aliphatic carbocycles. The average Bonchev–Trinajstić information content (AvgIpc) is 3.34. The Morgan fingerprint density at radius 1 is 1.14 bits per heavy atom. The van der Waals surface area contributed by atoms with E-state index in [-0.39, 0.29) is 0 Å². The smallest absolute Gasteiger partial charge is 0.325 e. The third kappa shape index (κ3) is 3.58. The van der Waals surface area contributed by atoms with E-state index in [4.69, 9.17) is 0 Å². The topological polar surface area (TPSA) is 55.8 Å². The number of carboxylic acid groups (broad SMARTS) is 1. The lowest BCUT2D eigenvalue weighted by Gasteiger charge is -2.40. The van der Waals surface area contributed by atoms with Crippen molar-refractivity contribution in [2.24, 2.45) is 11.8 Å². The van der Waals surface area contributed by atoms with Crippen LogP contribution in [0.5, 0.6) is 0 Å². The van der Waals surface area contributed by atoms with Crippen LogP contribution in [0, 0.1) is 11.8 Å². The molecular weight excluding hydrogens is 266 g/mol. The first-order chi connectivity index (χ1) is 10.1. The second kappa shape index (κ2) is 6.23. The van der Waals surface area contributed by atoms with Crippen molar-refractivity contribution in [3.63, 3.8) is 0 Å². The van der Waals surface area contributed by atoms with Gasteiger partial charge in [0, 0.05) is 39.3 Å². The van der Waals surface area contributed by atoms with E-state index in [0.29, 0.717) is 12.5 Å². The van der Waals surface area contributed by atoms with Crippen LogP contribution in [0.4, 0.5) is 0 Å². The van der Waals surface area contributed by atoms with E-state index in [1.54, 1.807) is 0 Å². The van der Waals surface area contributed by atoms with E-state index in [9.17, 15) is 9.90 Å². The summed E-state index contributed by atoms with van der Waals surface area (Å²) in [6.45, 7) is 8.88. The van der Waals surface area contributed by atoms with Crippen LogP contribution < -0.4 is 5.32 Å². The van der Waals surface area contributed by atoms with Crippen molar-refractivity contribution in [1.29, 1.82) is 0 Å². The van der Waals surface area contributed by atoms with Crippen LogP contribution in [0.15, 0.2) is 0 Å². The monoisotopic (exact) mass is 295 g/mol. The SMILES string of the molecule is CCNC(CN1CCN(CC2CC2)CC1)(C(=O)O)C1CC1. The van der Waals surface area contributed by atoms with Gasteiger partial charge in [-0.05, 0) is 44.1 Å². The zero-order valence-corrected chi connectivity index (χ0v) is 13.2. The molecule has 0 aromatic heterocycles. The minimum atomic E-state index is -0.715. The van der Waals surface area contributed by atoms with Gasteiger partial charge in [0.2, 0.25) is 0 Å². The van der Waals surface area contributed by atoms with Gasteiger partial charge in [0.1, 0.15) is 5.54 Å². The first kappa shape index (κ1) is 15.3. The van der Waals surface area contributed by atoms with Gasteiger partial charge in [-0.3, -0.25) is 9.69 Å². The van der Waals surface area contributed by atoms with Gasteiger partial charge in [-0.2, -0.15) is 0 Å². The molecule has 3 rings (SSSR count). The van der Waals surface area contributed by atoms with Crippen molar-refractivity contribution in [3.05, 3.63) is 0 Å². The molecule has 1 saturated heterocycles. The molecule has 5 nitrogen and oxygen atoms in total. The molecule has 5 heteroatoms. The number of hydrogen-bond acceptors (Lipinski definition) is 4. The average molecular weight is 295 g/mol. The van der Waals surface area contributed by atoms with E-state index in [0.717, 1.165) is 51.5 Å². The maximum Gasteiger partial charge on any atom is 0.325 e. The molecular formula is C16H29N3O2. The Morgan fingerprint density at radius 3 is 2.24 bits per heavy atom. The molecule has 2 N–H and O–H groups in total. The summed E-state index contributed by atoms with van der Waals surface area (Å²) in [6.07, 6.45) is 4.93. The minimum Gasteiger partial charge on any atom is -0.480 e. The van der Waals surface area contributed by atoms with Gasteiger partial charge in [0.05, 0.1) is 0 Å². The molecule has 0 amide bonds. The van der Waals surface area contributed by atoms with E-state index < -0.39 is 11.5 Å². The van der Waals surface area contributed by atoms with Gasteiger partial charge in [0.25, 0.3) is 0 Å². The molecule has 21 heavy (non-hydrogen) atoms. The summed E-state index contributed by atoms with van der Waals surface area (Å²) in [5.41, 5.74) is -0.715. The Labute approximate surface area is 127 Å². The first-order valence-electron chi connectivity index (χ1n) is 8.57. The zero-order chi connectivity index (χ0) is 14.9. The standard InChI is InChI=1S/C16H29N3O2/c1-2-17-16(15(20)21,14-5-6-14)12-19-9-7-18(8-10-19)11-13-3-4-13/h13-14,17H,2-12H2,1H3,(H,20,21). The van der Waals surface area contributed by atoms with Crippen molar-refractivity contribution in [1.82, 2.24) is 15.1 Å². The number of rotatable bonds is 8. The van der Waals surface area contributed by atoms with Gasteiger partial charge < -0.3 is 15.3 Å². The first-order valence-corrected chi connectivity index (χ1v) is 8.57.